The summed E-state index contributed by atoms with van der Waals surface area (Å²) in [6.45, 7) is 4.39. The highest BCUT2D eigenvalue weighted by Gasteiger charge is 2.51. The minimum atomic E-state index is -0.461. The van der Waals surface area contributed by atoms with Gasteiger partial charge in [-0.15, -0.1) is 0 Å². The summed E-state index contributed by atoms with van der Waals surface area (Å²) in [6.07, 6.45) is 5.66. The van der Waals surface area contributed by atoms with Crippen LogP contribution in [0.1, 0.15) is 42.5 Å². The first-order valence-electron chi connectivity index (χ1n) is 12.0. The Labute approximate surface area is 210 Å². The highest BCUT2D eigenvalue weighted by molar-refractivity contribution is 6.30. The minimum absolute atomic E-state index is 0.109. The van der Waals surface area contributed by atoms with E-state index in [-0.39, 0.29) is 11.7 Å². The Hall–Kier alpha value is -2.91. The zero-order valence-corrected chi connectivity index (χ0v) is 20.5. The highest BCUT2D eigenvalue weighted by Crippen LogP contribution is 2.44. The molecule has 6 heteroatoms. The van der Waals surface area contributed by atoms with E-state index in [4.69, 9.17) is 16.3 Å². The van der Waals surface area contributed by atoms with Gasteiger partial charge >= 0.3 is 0 Å². The maximum Gasteiger partial charge on any atom is 0.158 e. The summed E-state index contributed by atoms with van der Waals surface area (Å²) in [4.78, 5) is 6.57. The Balaban J connectivity index is 1.20. The summed E-state index contributed by atoms with van der Waals surface area (Å²) >= 11 is 5.92. The normalized spacial score (nSPS) is 18.7. The number of likely N-dealkylation sites (tertiary alicyclic amines) is 1. The molecule has 2 fully saturated rings. The predicted octanol–water partition coefficient (Wildman–Crippen LogP) is 5.62. The Morgan fingerprint density at radius 1 is 1.14 bits per heavy atom. The Kier molecular flexibility index (Phi) is 6.80. The summed E-state index contributed by atoms with van der Waals surface area (Å²) in [5, 5.41) is 11.1. The van der Waals surface area contributed by atoms with E-state index in [0.29, 0.717) is 17.2 Å². The Bertz CT molecular complexity index is 1280. The average molecular weight is 491 g/mol. The SMILES string of the molecule is Cc1cc(C#Cc2ncc(-c3ccc(Cl)cc3)cc2F)ccc1OCCN1CCC[C@H]1C1(O)CC1. The molecule has 0 bridgehead atoms. The van der Waals surface area contributed by atoms with Gasteiger partial charge in [-0.05, 0) is 92.6 Å². The first kappa shape index (κ1) is 23.8. The molecule has 2 heterocycles. The second-order valence-corrected chi connectivity index (χ2v) is 9.87. The molecule has 2 aromatic carbocycles. The maximum absolute atomic E-state index is 14.6. The number of hydrogen-bond acceptors (Lipinski definition) is 4. The third-order valence-corrected chi connectivity index (χ3v) is 7.15. The summed E-state index contributed by atoms with van der Waals surface area (Å²) in [7, 11) is 0. The molecule has 5 rings (SSSR count). The van der Waals surface area contributed by atoms with E-state index in [1.807, 2.05) is 37.3 Å². The van der Waals surface area contributed by atoms with Crippen LogP contribution in [-0.2, 0) is 0 Å². The fraction of sp³-hybridized carbons (Fsp3) is 0.345. The highest BCUT2D eigenvalue weighted by atomic mass is 35.5. The van der Waals surface area contributed by atoms with Crippen molar-refractivity contribution in [3.63, 3.8) is 0 Å². The van der Waals surface area contributed by atoms with Gasteiger partial charge in [-0.3, -0.25) is 4.90 Å². The molecular formula is C29H28ClFN2O2. The molecule has 1 aliphatic heterocycles. The van der Waals surface area contributed by atoms with Gasteiger partial charge in [-0.1, -0.05) is 29.7 Å². The van der Waals surface area contributed by atoms with E-state index in [9.17, 15) is 9.50 Å². The Morgan fingerprint density at radius 2 is 1.94 bits per heavy atom. The third kappa shape index (κ3) is 5.51. The second-order valence-electron chi connectivity index (χ2n) is 9.44. The molecule has 0 amide bonds. The van der Waals surface area contributed by atoms with E-state index in [1.54, 1.807) is 18.3 Å². The zero-order chi connectivity index (χ0) is 24.4. The number of pyridine rings is 1. The largest absolute Gasteiger partial charge is 0.492 e. The van der Waals surface area contributed by atoms with Crippen molar-refractivity contribution in [3.05, 3.63) is 82.4 Å². The van der Waals surface area contributed by atoms with Crippen LogP contribution in [0, 0.1) is 24.6 Å². The number of rotatable bonds is 6. The topological polar surface area (TPSA) is 45.6 Å². The van der Waals surface area contributed by atoms with Gasteiger partial charge in [0.1, 0.15) is 18.1 Å². The van der Waals surface area contributed by atoms with Gasteiger partial charge in [-0.2, -0.15) is 0 Å². The monoisotopic (exact) mass is 490 g/mol. The molecule has 1 aliphatic carbocycles. The molecule has 2 aliphatic rings. The smallest absolute Gasteiger partial charge is 0.158 e. The molecule has 0 spiro atoms. The standard InChI is InChI=1S/C29H28ClFN2O2/c1-20-17-21(4-10-26-25(31)18-23(19-32-26)22-6-8-24(30)9-7-22)5-11-27(20)35-16-15-33-14-2-3-28(33)29(34)12-13-29/h5-9,11,17-19,28,34H,2-3,12-16H2,1H3/t28-/m0/s1. The number of nitrogens with zero attached hydrogens (tertiary/aromatic N) is 2. The van der Waals surface area contributed by atoms with Crippen LogP contribution in [0.4, 0.5) is 4.39 Å². The number of aromatic nitrogens is 1. The predicted molar refractivity (Wildman–Crippen MR) is 136 cm³/mol. The van der Waals surface area contributed by atoms with Crippen molar-refractivity contribution in [2.75, 3.05) is 19.7 Å². The summed E-state index contributed by atoms with van der Waals surface area (Å²) in [6, 6.07) is 14.6. The lowest BCUT2D eigenvalue weighted by molar-refractivity contribution is 0.0458. The van der Waals surface area contributed by atoms with E-state index in [2.05, 4.69) is 21.7 Å². The summed E-state index contributed by atoms with van der Waals surface area (Å²) in [5.74, 6) is 6.20. The van der Waals surface area contributed by atoms with Crippen molar-refractivity contribution in [2.45, 2.75) is 44.2 Å². The van der Waals surface area contributed by atoms with Gasteiger partial charge in [0.05, 0.1) is 5.60 Å². The maximum atomic E-state index is 14.6. The number of ether oxygens (including phenoxy) is 1. The number of aliphatic hydroxyl groups is 1. The molecule has 0 radical (unpaired) electrons. The van der Waals surface area contributed by atoms with Gasteiger partial charge in [0, 0.05) is 34.9 Å². The van der Waals surface area contributed by atoms with Crippen LogP contribution in [0.2, 0.25) is 5.02 Å². The molecule has 1 atom stereocenters. The first-order chi connectivity index (χ1) is 16.9. The molecule has 1 saturated carbocycles. The van der Waals surface area contributed by atoms with E-state index < -0.39 is 11.4 Å². The average Bonchev–Trinajstić information content (AvgIpc) is 3.41. The van der Waals surface area contributed by atoms with Crippen LogP contribution in [0.5, 0.6) is 5.75 Å². The van der Waals surface area contributed by atoms with Crippen molar-refractivity contribution in [1.29, 1.82) is 0 Å². The fourth-order valence-electron chi connectivity index (χ4n) is 4.79. The minimum Gasteiger partial charge on any atom is -0.492 e. The van der Waals surface area contributed by atoms with E-state index >= 15 is 0 Å². The molecule has 180 valence electrons. The van der Waals surface area contributed by atoms with Gasteiger partial charge in [0.2, 0.25) is 0 Å². The van der Waals surface area contributed by atoms with Gasteiger partial charge in [-0.25, -0.2) is 9.37 Å². The van der Waals surface area contributed by atoms with Gasteiger partial charge in [0.25, 0.3) is 0 Å². The van der Waals surface area contributed by atoms with E-state index in [0.717, 1.165) is 61.2 Å². The van der Waals surface area contributed by atoms with Crippen molar-refractivity contribution in [1.82, 2.24) is 9.88 Å². The second kappa shape index (κ2) is 9.99. The number of hydrogen-bond donors (Lipinski definition) is 1. The van der Waals surface area contributed by atoms with Crippen molar-refractivity contribution in [3.8, 4) is 28.7 Å². The van der Waals surface area contributed by atoms with Crippen LogP contribution < -0.4 is 4.74 Å². The quantitative estimate of drug-likeness (QED) is 0.456. The zero-order valence-electron chi connectivity index (χ0n) is 19.7. The third-order valence-electron chi connectivity index (χ3n) is 6.90. The lowest BCUT2D eigenvalue weighted by atomic mass is 10.1. The molecule has 1 N–H and O–H groups in total. The molecule has 0 unspecified atom stereocenters. The van der Waals surface area contributed by atoms with E-state index in [1.165, 1.54) is 6.07 Å². The molecular weight excluding hydrogens is 463 g/mol. The molecule has 4 nitrogen and oxygen atoms in total. The van der Waals surface area contributed by atoms with Crippen LogP contribution in [0.25, 0.3) is 11.1 Å². The Morgan fingerprint density at radius 3 is 2.66 bits per heavy atom. The van der Waals surface area contributed by atoms with Gasteiger partial charge < -0.3 is 9.84 Å². The van der Waals surface area contributed by atoms with Crippen molar-refractivity contribution < 1.29 is 14.2 Å². The van der Waals surface area contributed by atoms with Gasteiger partial charge in [0.15, 0.2) is 5.82 Å². The lowest BCUT2D eigenvalue weighted by Crippen LogP contribution is -2.42. The van der Waals surface area contributed by atoms with Crippen LogP contribution in [0.15, 0.2) is 54.7 Å². The molecule has 3 aromatic rings. The van der Waals surface area contributed by atoms with Crippen molar-refractivity contribution in [2.24, 2.45) is 0 Å². The van der Waals surface area contributed by atoms with Crippen LogP contribution in [0.3, 0.4) is 0 Å². The molecule has 1 saturated heterocycles. The fourth-order valence-corrected chi connectivity index (χ4v) is 4.91. The number of halogens is 2. The van der Waals surface area contributed by atoms with Crippen molar-refractivity contribution >= 4 is 11.6 Å². The van der Waals surface area contributed by atoms with Crippen LogP contribution in [-0.4, -0.2) is 46.3 Å². The first-order valence-corrected chi connectivity index (χ1v) is 12.4. The summed E-state index contributed by atoms with van der Waals surface area (Å²) in [5.41, 5.74) is 2.91. The van der Waals surface area contributed by atoms with Crippen LogP contribution >= 0.6 is 11.6 Å². The summed E-state index contributed by atoms with van der Waals surface area (Å²) < 4.78 is 20.6. The lowest BCUT2D eigenvalue weighted by Gasteiger charge is -2.28. The molecule has 35 heavy (non-hydrogen) atoms. The number of aryl methyl sites for hydroxylation is 1. The molecule has 1 aromatic heterocycles. The number of benzene rings is 2.